The van der Waals surface area contributed by atoms with Crippen LogP contribution in [0, 0.1) is 0 Å². The lowest BCUT2D eigenvalue weighted by Gasteiger charge is -2.09. The van der Waals surface area contributed by atoms with Crippen LogP contribution < -0.4 is 5.32 Å². The summed E-state index contributed by atoms with van der Waals surface area (Å²) in [5.74, 6) is 0.436. The number of carbonyl (C=O) groups excluding carboxylic acids is 1. The van der Waals surface area contributed by atoms with Gasteiger partial charge < -0.3 is 5.32 Å². The molecule has 0 saturated heterocycles. The number of hydrogen-bond donors (Lipinski definition) is 1. The van der Waals surface area contributed by atoms with Crippen LogP contribution in [-0.2, 0) is 11.2 Å². The minimum atomic E-state index is -0.142. The van der Waals surface area contributed by atoms with Crippen molar-refractivity contribution in [3.8, 4) is 16.4 Å². The third-order valence-corrected chi connectivity index (χ3v) is 4.64. The van der Waals surface area contributed by atoms with E-state index < -0.39 is 0 Å². The van der Waals surface area contributed by atoms with E-state index in [1.165, 1.54) is 11.3 Å². The quantitative estimate of drug-likeness (QED) is 0.590. The molecule has 26 heavy (non-hydrogen) atoms. The van der Waals surface area contributed by atoms with Crippen molar-refractivity contribution in [1.82, 2.24) is 19.7 Å². The number of hydrogen-bond acceptors (Lipinski definition) is 5. The highest BCUT2D eigenvalue weighted by atomic mass is 32.1. The molecule has 7 heteroatoms. The van der Waals surface area contributed by atoms with Gasteiger partial charge in [-0.2, -0.15) is 5.10 Å². The molecular weight excluding hydrogens is 346 g/mol. The highest BCUT2D eigenvalue weighted by Crippen LogP contribution is 2.24. The van der Waals surface area contributed by atoms with E-state index in [2.05, 4.69) is 20.4 Å². The summed E-state index contributed by atoms with van der Waals surface area (Å²) in [6.07, 6.45) is 5.32. The van der Waals surface area contributed by atoms with Crippen LogP contribution in [0.1, 0.15) is 5.69 Å². The predicted molar refractivity (Wildman–Crippen MR) is 101 cm³/mol. The topological polar surface area (TPSA) is 72.7 Å². The largest absolute Gasteiger partial charge is 0.323 e. The van der Waals surface area contributed by atoms with Crippen LogP contribution in [-0.4, -0.2) is 25.7 Å². The number of benzene rings is 1. The summed E-state index contributed by atoms with van der Waals surface area (Å²) in [4.78, 5) is 21.3. The zero-order chi connectivity index (χ0) is 17.8. The van der Waals surface area contributed by atoms with E-state index in [0.717, 1.165) is 16.3 Å². The molecule has 128 valence electrons. The average molecular weight is 361 g/mol. The van der Waals surface area contributed by atoms with Crippen molar-refractivity contribution in [3.05, 3.63) is 78.2 Å². The Morgan fingerprint density at radius 3 is 2.77 bits per heavy atom. The SMILES string of the molecule is O=C(Cc1csc(-c2ccccc2)n1)Nc1cccnc1-n1cccn1. The second-order valence-electron chi connectivity index (χ2n) is 5.56. The van der Waals surface area contributed by atoms with Gasteiger partial charge in [0.1, 0.15) is 5.01 Å². The Morgan fingerprint density at radius 2 is 1.96 bits per heavy atom. The van der Waals surface area contributed by atoms with Crippen molar-refractivity contribution in [3.63, 3.8) is 0 Å². The molecule has 4 aromatic rings. The van der Waals surface area contributed by atoms with Crippen molar-refractivity contribution < 1.29 is 4.79 Å². The Kier molecular flexibility index (Phi) is 4.53. The van der Waals surface area contributed by atoms with Crippen molar-refractivity contribution in [2.75, 3.05) is 5.32 Å². The lowest BCUT2D eigenvalue weighted by Crippen LogP contribution is -2.16. The first kappa shape index (κ1) is 16.2. The molecule has 0 spiro atoms. The molecule has 1 amide bonds. The maximum absolute atomic E-state index is 12.4. The number of thiazole rings is 1. The van der Waals surface area contributed by atoms with Gasteiger partial charge in [0.2, 0.25) is 5.91 Å². The third-order valence-electron chi connectivity index (χ3n) is 3.70. The second kappa shape index (κ2) is 7.28. The summed E-state index contributed by atoms with van der Waals surface area (Å²) in [5, 5.41) is 9.89. The van der Waals surface area contributed by atoms with Crippen molar-refractivity contribution >= 4 is 22.9 Å². The first-order valence-corrected chi connectivity index (χ1v) is 8.92. The molecule has 0 radical (unpaired) electrons. The van der Waals surface area contributed by atoms with E-state index in [1.807, 2.05) is 35.7 Å². The van der Waals surface area contributed by atoms with Crippen LogP contribution in [0.5, 0.6) is 0 Å². The maximum atomic E-state index is 12.4. The summed E-state index contributed by atoms with van der Waals surface area (Å²) in [5.41, 5.74) is 2.41. The molecule has 0 aliphatic carbocycles. The summed E-state index contributed by atoms with van der Waals surface area (Å²) in [6, 6.07) is 15.3. The number of amides is 1. The Morgan fingerprint density at radius 1 is 1.08 bits per heavy atom. The average Bonchev–Trinajstić information content (AvgIpc) is 3.35. The summed E-state index contributed by atoms with van der Waals surface area (Å²) in [7, 11) is 0. The Hall–Kier alpha value is -3.32. The van der Waals surface area contributed by atoms with Crippen LogP contribution in [0.4, 0.5) is 5.69 Å². The molecule has 1 aromatic carbocycles. The van der Waals surface area contributed by atoms with E-state index in [4.69, 9.17) is 0 Å². The van der Waals surface area contributed by atoms with Gasteiger partial charge in [0, 0.05) is 29.5 Å². The van der Waals surface area contributed by atoms with Crippen molar-refractivity contribution in [2.24, 2.45) is 0 Å². The van der Waals surface area contributed by atoms with Crippen LogP contribution >= 0.6 is 11.3 Å². The van der Waals surface area contributed by atoms with Crippen LogP contribution in [0.25, 0.3) is 16.4 Å². The lowest BCUT2D eigenvalue weighted by molar-refractivity contribution is -0.115. The Labute approximate surface area is 154 Å². The number of nitrogens with one attached hydrogen (secondary N) is 1. The Balaban J connectivity index is 1.48. The van der Waals surface area contributed by atoms with Gasteiger partial charge >= 0.3 is 0 Å². The fraction of sp³-hybridized carbons (Fsp3) is 0.0526. The monoisotopic (exact) mass is 361 g/mol. The number of carbonyl (C=O) groups is 1. The van der Waals surface area contributed by atoms with E-state index in [-0.39, 0.29) is 12.3 Å². The second-order valence-corrected chi connectivity index (χ2v) is 6.42. The maximum Gasteiger partial charge on any atom is 0.230 e. The number of nitrogens with zero attached hydrogens (tertiary/aromatic N) is 4. The van der Waals surface area contributed by atoms with Crippen molar-refractivity contribution in [1.29, 1.82) is 0 Å². The highest BCUT2D eigenvalue weighted by molar-refractivity contribution is 7.13. The van der Waals surface area contributed by atoms with Gasteiger partial charge in [-0.25, -0.2) is 14.6 Å². The number of pyridine rings is 1. The highest BCUT2D eigenvalue weighted by Gasteiger charge is 2.12. The standard InChI is InChI=1S/C19H15N5OS/c25-17(12-15-13-26-19(22-15)14-6-2-1-3-7-14)23-16-8-4-9-20-18(16)24-11-5-10-21-24/h1-11,13H,12H2,(H,23,25). The lowest BCUT2D eigenvalue weighted by atomic mass is 10.2. The molecule has 0 aliphatic heterocycles. The van der Waals surface area contributed by atoms with Crippen LogP contribution in [0.15, 0.2) is 72.5 Å². The molecule has 1 N–H and O–H groups in total. The van der Waals surface area contributed by atoms with Gasteiger partial charge in [-0.05, 0) is 18.2 Å². The molecular formula is C19H15N5OS. The first-order chi connectivity index (χ1) is 12.8. The Bertz CT molecular complexity index is 1010. The molecule has 0 fully saturated rings. The van der Waals surface area contributed by atoms with Gasteiger partial charge in [-0.15, -0.1) is 11.3 Å². The number of rotatable bonds is 5. The summed E-state index contributed by atoms with van der Waals surface area (Å²) >= 11 is 1.53. The smallest absolute Gasteiger partial charge is 0.230 e. The van der Waals surface area contributed by atoms with E-state index >= 15 is 0 Å². The van der Waals surface area contributed by atoms with Gasteiger partial charge in [0.05, 0.1) is 17.8 Å². The third kappa shape index (κ3) is 3.52. The van der Waals surface area contributed by atoms with E-state index in [9.17, 15) is 4.79 Å². The summed E-state index contributed by atoms with van der Waals surface area (Å²) < 4.78 is 1.62. The zero-order valence-electron chi connectivity index (χ0n) is 13.7. The van der Waals surface area contributed by atoms with Gasteiger partial charge in [0.25, 0.3) is 0 Å². The molecule has 6 nitrogen and oxygen atoms in total. The molecule has 0 aliphatic rings. The minimum absolute atomic E-state index is 0.142. The number of aromatic nitrogens is 4. The normalized spacial score (nSPS) is 10.6. The molecule has 0 saturated carbocycles. The molecule has 0 bridgehead atoms. The molecule has 3 heterocycles. The zero-order valence-corrected chi connectivity index (χ0v) is 14.6. The van der Waals surface area contributed by atoms with Crippen LogP contribution in [0.3, 0.4) is 0 Å². The predicted octanol–water partition coefficient (Wildman–Crippen LogP) is 3.57. The molecule has 0 unspecified atom stereocenters. The van der Waals surface area contributed by atoms with Gasteiger partial charge in [0.15, 0.2) is 5.82 Å². The molecule has 3 aromatic heterocycles. The molecule has 0 atom stereocenters. The minimum Gasteiger partial charge on any atom is -0.323 e. The van der Waals surface area contributed by atoms with Crippen LogP contribution in [0.2, 0.25) is 0 Å². The first-order valence-electron chi connectivity index (χ1n) is 8.04. The van der Waals surface area contributed by atoms with E-state index in [0.29, 0.717) is 11.5 Å². The fourth-order valence-corrected chi connectivity index (χ4v) is 3.36. The summed E-state index contributed by atoms with van der Waals surface area (Å²) in [6.45, 7) is 0. The van der Waals surface area contributed by atoms with Gasteiger partial charge in [-0.3, -0.25) is 4.79 Å². The van der Waals surface area contributed by atoms with Gasteiger partial charge in [-0.1, -0.05) is 30.3 Å². The molecule has 4 rings (SSSR count). The number of anilines is 1. The fourth-order valence-electron chi connectivity index (χ4n) is 2.53. The van der Waals surface area contributed by atoms with Crippen molar-refractivity contribution in [2.45, 2.75) is 6.42 Å². The van der Waals surface area contributed by atoms with E-state index in [1.54, 1.807) is 41.5 Å².